The summed E-state index contributed by atoms with van der Waals surface area (Å²) in [6, 6.07) is 5.59. The highest BCUT2D eigenvalue weighted by Crippen LogP contribution is 2.30. The number of carbonyl (C=O) groups excluding carboxylic acids is 1. The molecular weight excluding hydrogens is 346 g/mol. The number of nitrogens with zero attached hydrogens (tertiary/aromatic N) is 4. The van der Waals surface area contributed by atoms with Gasteiger partial charge in [0.05, 0.1) is 14.2 Å². The highest BCUT2D eigenvalue weighted by Gasteiger charge is 2.14. The monoisotopic (exact) mass is 369 g/mol. The van der Waals surface area contributed by atoms with Crippen LogP contribution in [0.5, 0.6) is 11.5 Å². The summed E-state index contributed by atoms with van der Waals surface area (Å²) in [5.41, 5.74) is 3.71. The van der Waals surface area contributed by atoms with Crippen LogP contribution < -0.4 is 14.8 Å². The minimum absolute atomic E-state index is 0.0441. The molecule has 1 N–H and O–H groups in total. The van der Waals surface area contributed by atoms with Gasteiger partial charge in [-0.1, -0.05) is 12.1 Å². The molecule has 0 atom stereocenters. The average molecular weight is 369 g/mol. The van der Waals surface area contributed by atoms with Gasteiger partial charge in [0, 0.05) is 29.9 Å². The number of benzene rings is 1. The molecule has 0 bridgehead atoms. The first-order chi connectivity index (χ1) is 13.0. The normalized spacial score (nSPS) is 10.8. The smallest absolute Gasteiger partial charge is 0.252 e. The summed E-state index contributed by atoms with van der Waals surface area (Å²) in [7, 11) is 3.17. The Hall–Kier alpha value is -3.16. The van der Waals surface area contributed by atoms with Crippen molar-refractivity contribution in [2.45, 2.75) is 33.2 Å². The summed E-state index contributed by atoms with van der Waals surface area (Å²) in [5, 5.41) is 7.11. The zero-order chi connectivity index (χ0) is 19.4. The standard InChI is InChI=1S/C19H23N5O3/c1-12-15(13(2)24-19(23-12)21-11-22-24)8-9-17(25)20-10-14-6-5-7-16(26-3)18(14)27-4/h5-7,11H,8-10H2,1-4H3,(H,20,25). The van der Waals surface area contributed by atoms with Crippen LogP contribution in [0, 0.1) is 13.8 Å². The van der Waals surface area contributed by atoms with Crippen molar-refractivity contribution in [2.75, 3.05) is 14.2 Å². The molecule has 0 aliphatic carbocycles. The van der Waals surface area contributed by atoms with Gasteiger partial charge in [0.2, 0.25) is 5.91 Å². The lowest BCUT2D eigenvalue weighted by molar-refractivity contribution is -0.121. The van der Waals surface area contributed by atoms with Gasteiger partial charge >= 0.3 is 0 Å². The molecule has 0 saturated carbocycles. The molecule has 2 aromatic heterocycles. The number of para-hydroxylation sites is 1. The molecule has 0 unspecified atom stereocenters. The van der Waals surface area contributed by atoms with Crippen molar-refractivity contribution in [1.29, 1.82) is 0 Å². The van der Waals surface area contributed by atoms with Gasteiger partial charge in [0.15, 0.2) is 11.5 Å². The Labute approximate surface area is 157 Å². The first kappa shape index (κ1) is 18.6. The zero-order valence-electron chi connectivity index (χ0n) is 15.9. The van der Waals surface area contributed by atoms with Crippen LogP contribution in [0.25, 0.3) is 5.78 Å². The van der Waals surface area contributed by atoms with Gasteiger partial charge in [-0.15, -0.1) is 0 Å². The molecule has 27 heavy (non-hydrogen) atoms. The lowest BCUT2D eigenvalue weighted by Crippen LogP contribution is -2.23. The molecule has 8 heteroatoms. The molecule has 0 aliphatic rings. The van der Waals surface area contributed by atoms with Crippen LogP contribution in [0.15, 0.2) is 24.5 Å². The number of aryl methyl sites for hydroxylation is 2. The van der Waals surface area contributed by atoms with Crippen molar-refractivity contribution in [3.63, 3.8) is 0 Å². The Bertz CT molecular complexity index is 967. The lowest BCUT2D eigenvalue weighted by Gasteiger charge is -2.13. The predicted molar refractivity (Wildman–Crippen MR) is 100.0 cm³/mol. The maximum absolute atomic E-state index is 12.3. The molecule has 0 saturated heterocycles. The van der Waals surface area contributed by atoms with E-state index in [2.05, 4.69) is 20.4 Å². The minimum atomic E-state index is -0.0441. The fourth-order valence-corrected chi connectivity index (χ4v) is 3.13. The predicted octanol–water partition coefficient (Wildman–Crippen LogP) is 2.01. The van der Waals surface area contributed by atoms with E-state index in [0.29, 0.717) is 36.7 Å². The molecule has 142 valence electrons. The van der Waals surface area contributed by atoms with Gasteiger partial charge in [0.25, 0.3) is 5.78 Å². The number of carbonyl (C=O) groups is 1. The Balaban J connectivity index is 1.64. The Morgan fingerprint density at radius 1 is 1.22 bits per heavy atom. The molecule has 2 heterocycles. The maximum atomic E-state index is 12.3. The summed E-state index contributed by atoms with van der Waals surface area (Å²) < 4.78 is 12.4. The molecule has 1 aromatic carbocycles. The number of rotatable bonds is 7. The molecule has 0 fully saturated rings. The van der Waals surface area contributed by atoms with Crippen molar-refractivity contribution in [3.05, 3.63) is 47.0 Å². The van der Waals surface area contributed by atoms with Gasteiger partial charge < -0.3 is 14.8 Å². The summed E-state index contributed by atoms with van der Waals surface area (Å²) in [6.07, 6.45) is 2.42. The third-order valence-electron chi connectivity index (χ3n) is 4.55. The lowest BCUT2D eigenvalue weighted by atomic mass is 10.1. The molecule has 0 aliphatic heterocycles. The number of fused-ring (bicyclic) bond motifs is 1. The number of amides is 1. The van der Waals surface area contributed by atoms with E-state index in [-0.39, 0.29) is 5.91 Å². The van der Waals surface area contributed by atoms with E-state index in [4.69, 9.17) is 9.47 Å². The number of hydrogen-bond donors (Lipinski definition) is 1. The fraction of sp³-hybridized carbons (Fsp3) is 0.368. The minimum Gasteiger partial charge on any atom is -0.493 e. The van der Waals surface area contributed by atoms with E-state index < -0.39 is 0 Å². The van der Waals surface area contributed by atoms with Gasteiger partial charge in [-0.3, -0.25) is 4.79 Å². The van der Waals surface area contributed by atoms with Gasteiger partial charge in [0.1, 0.15) is 6.33 Å². The van der Waals surface area contributed by atoms with E-state index in [1.54, 1.807) is 18.7 Å². The van der Waals surface area contributed by atoms with E-state index >= 15 is 0 Å². The number of aromatic nitrogens is 4. The van der Waals surface area contributed by atoms with E-state index in [1.165, 1.54) is 6.33 Å². The van der Waals surface area contributed by atoms with E-state index in [0.717, 1.165) is 22.5 Å². The quantitative estimate of drug-likeness (QED) is 0.685. The highest BCUT2D eigenvalue weighted by molar-refractivity contribution is 5.76. The Morgan fingerprint density at radius 2 is 2.04 bits per heavy atom. The van der Waals surface area contributed by atoms with Gasteiger partial charge in [-0.05, 0) is 31.9 Å². The van der Waals surface area contributed by atoms with Crippen LogP contribution in [0.1, 0.15) is 28.9 Å². The van der Waals surface area contributed by atoms with Crippen LogP contribution in [0.3, 0.4) is 0 Å². The van der Waals surface area contributed by atoms with Crippen molar-refractivity contribution in [1.82, 2.24) is 24.9 Å². The molecule has 3 rings (SSSR count). The first-order valence-corrected chi connectivity index (χ1v) is 8.67. The topological polar surface area (TPSA) is 90.6 Å². The summed E-state index contributed by atoms with van der Waals surface area (Å²) in [6.45, 7) is 4.26. The molecule has 8 nitrogen and oxygen atoms in total. The number of methoxy groups -OCH3 is 2. The number of nitrogens with one attached hydrogen (secondary N) is 1. The zero-order valence-corrected chi connectivity index (χ0v) is 15.9. The van der Waals surface area contributed by atoms with Crippen molar-refractivity contribution in [3.8, 4) is 11.5 Å². The van der Waals surface area contributed by atoms with Crippen LogP contribution in [0.2, 0.25) is 0 Å². The van der Waals surface area contributed by atoms with Crippen LogP contribution in [-0.2, 0) is 17.8 Å². The Kier molecular flexibility index (Phi) is 5.54. The van der Waals surface area contributed by atoms with Gasteiger partial charge in [-0.25, -0.2) is 9.50 Å². The van der Waals surface area contributed by atoms with Crippen LogP contribution >= 0.6 is 0 Å². The number of ether oxygens (including phenoxy) is 2. The largest absolute Gasteiger partial charge is 0.493 e. The van der Waals surface area contributed by atoms with Crippen molar-refractivity contribution in [2.24, 2.45) is 0 Å². The molecule has 0 spiro atoms. The summed E-state index contributed by atoms with van der Waals surface area (Å²) >= 11 is 0. The maximum Gasteiger partial charge on any atom is 0.252 e. The fourth-order valence-electron chi connectivity index (χ4n) is 3.13. The van der Waals surface area contributed by atoms with Crippen molar-refractivity contribution < 1.29 is 14.3 Å². The van der Waals surface area contributed by atoms with Crippen molar-refractivity contribution >= 4 is 11.7 Å². The Morgan fingerprint density at radius 3 is 2.78 bits per heavy atom. The number of hydrogen-bond acceptors (Lipinski definition) is 6. The highest BCUT2D eigenvalue weighted by atomic mass is 16.5. The second kappa shape index (κ2) is 8.03. The second-order valence-electron chi connectivity index (χ2n) is 6.16. The van der Waals surface area contributed by atoms with Gasteiger partial charge in [-0.2, -0.15) is 10.1 Å². The van der Waals surface area contributed by atoms with E-state index in [9.17, 15) is 4.79 Å². The molecule has 0 radical (unpaired) electrons. The summed E-state index contributed by atoms with van der Waals surface area (Å²) in [4.78, 5) is 20.9. The van der Waals surface area contributed by atoms with Crippen LogP contribution in [0.4, 0.5) is 0 Å². The SMILES string of the molecule is COc1cccc(CNC(=O)CCc2c(C)nc3ncnn3c2C)c1OC. The first-order valence-electron chi connectivity index (χ1n) is 8.67. The second-order valence-corrected chi connectivity index (χ2v) is 6.16. The third kappa shape index (κ3) is 3.84. The molecular formula is C19H23N5O3. The molecule has 3 aromatic rings. The average Bonchev–Trinajstić information content (AvgIpc) is 3.14. The third-order valence-corrected chi connectivity index (χ3v) is 4.55. The van der Waals surface area contributed by atoms with Crippen LogP contribution in [-0.4, -0.2) is 39.7 Å². The molecule has 1 amide bonds. The summed E-state index contributed by atoms with van der Waals surface area (Å²) in [5.74, 6) is 1.80. The van der Waals surface area contributed by atoms with E-state index in [1.807, 2.05) is 32.0 Å².